The van der Waals surface area contributed by atoms with Crippen LogP contribution < -0.4 is 5.32 Å². The normalized spacial score (nSPS) is 23.9. The van der Waals surface area contributed by atoms with E-state index in [1.54, 1.807) is 0 Å². The maximum absolute atomic E-state index is 12.1. The number of thioether (sulfide) groups is 1. The van der Waals surface area contributed by atoms with Gasteiger partial charge in [0.2, 0.25) is 5.91 Å². The van der Waals surface area contributed by atoms with Crippen molar-refractivity contribution in [1.29, 1.82) is 0 Å². The van der Waals surface area contributed by atoms with Gasteiger partial charge in [0.15, 0.2) is 0 Å². The molecule has 0 aromatic carbocycles. The van der Waals surface area contributed by atoms with Gasteiger partial charge in [-0.05, 0) is 44.1 Å². The molecule has 1 atom stereocenters. The van der Waals surface area contributed by atoms with E-state index in [1.165, 1.54) is 44.3 Å². The lowest BCUT2D eigenvalue weighted by Crippen LogP contribution is -2.39. The summed E-state index contributed by atoms with van der Waals surface area (Å²) in [5.74, 6) is 1.63. The van der Waals surface area contributed by atoms with Crippen molar-refractivity contribution in [3.63, 3.8) is 0 Å². The highest BCUT2D eigenvalue weighted by atomic mass is 32.2. The van der Waals surface area contributed by atoms with Gasteiger partial charge in [0.1, 0.15) is 0 Å². The van der Waals surface area contributed by atoms with Crippen LogP contribution in [0.15, 0.2) is 0 Å². The van der Waals surface area contributed by atoms with Crippen LogP contribution in [-0.2, 0) is 4.79 Å². The number of carbonyl (C=O) groups excluding carboxylic acids is 1. The second-order valence-corrected chi connectivity index (χ2v) is 6.50. The van der Waals surface area contributed by atoms with E-state index in [2.05, 4.69) is 16.5 Å². The van der Waals surface area contributed by atoms with Crippen molar-refractivity contribution in [3.05, 3.63) is 0 Å². The molecule has 18 heavy (non-hydrogen) atoms. The molecule has 2 rings (SSSR count). The van der Waals surface area contributed by atoms with E-state index in [9.17, 15) is 4.79 Å². The molecule has 0 bridgehead atoms. The third-order valence-corrected chi connectivity index (χ3v) is 4.54. The van der Waals surface area contributed by atoms with E-state index in [-0.39, 0.29) is 6.04 Å². The zero-order valence-corrected chi connectivity index (χ0v) is 12.3. The molecule has 1 saturated carbocycles. The second kappa shape index (κ2) is 7.39. The predicted molar refractivity (Wildman–Crippen MR) is 78.0 cm³/mol. The van der Waals surface area contributed by atoms with Gasteiger partial charge in [-0.25, -0.2) is 0 Å². The minimum atomic E-state index is 0.133. The number of nitrogens with one attached hydrogen (secondary N) is 1. The van der Waals surface area contributed by atoms with E-state index >= 15 is 0 Å². The summed E-state index contributed by atoms with van der Waals surface area (Å²) in [7, 11) is 0. The maximum atomic E-state index is 12.1. The van der Waals surface area contributed by atoms with Crippen LogP contribution in [0.3, 0.4) is 0 Å². The van der Waals surface area contributed by atoms with Gasteiger partial charge in [0.25, 0.3) is 0 Å². The van der Waals surface area contributed by atoms with Crippen molar-refractivity contribution in [2.24, 2.45) is 0 Å². The molecule has 104 valence electrons. The molecule has 0 aromatic rings. The number of hydrogen-bond acceptors (Lipinski definition) is 3. The maximum Gasteiger partial charge on any atom is 0.239 e. The topological polar surface area (TPSA) is 32.3 Å². The molecule has 1 heterocycles. The first kappa shape index (κ1) is 14.2. The summed E-state index contributed by atoms with van der Waals surface area (Å²) in [6, 6.07) is 0.777. The average Bonchev–Trinajstić information content (AvgIpc) is 3.12. The Labute approximate surface area is 115 Å². The van der Waals surface area contributed by atoms with Gasteiger partial charge in [0, 0.05) is 19.1 Å². The summed E-state index contributed by atoms with van der Waals surface area (Å²) in [6.45, 7) is 1.94. The number of unbranched alkanes of at least 4 members (excludes halogenated alkanes) is 3. The highest BCUT2D eigenvalue weighted by molar-refractivity contribution is 7.98. The summed E-state index contributed by atoms with van der Waals surface area (Å²) in [6.07, 6.45) is 10.8. The van der Waals surface area contributed by atoms with Gasteiger partial charge in [-0.3, -0.25) is 4.79 Å². The molecule has 0 radical (unpaired) electrons. The minimum Gasteiger partial charge on any atom is -0.341 e. The molecule has 1 N–H and O–H groups in total. The van der Waals surface area contributed by atoms with Crippen molar-refractivity contribution in [1.82, 2.24) is 10.2 Å². The van der Waals surface area contributed by atoms with Crippen molar-refractivity contribution >= 4 is 17.7 Å². The molecule has 1 aliphatic heterocycles. The van der Waals surface area contributed by atoms with Gasteiger partial charge in [-0.15, -0.1) is 0 Å². The standard InChI is InChI=1S/C14H26N2OS/c1-18-11-5-3-2-4-9-16-10-8-13(14(16)17)15-12-6-7-12/h12-13,15H,2-11H2,1H3. The number of amides is 1. The fraction of sp³-hybridized carbons (Fsp3) is 0.929. The first-order chi connectivity index (χ1) is 8.81. The van der Waals surface area contributed by atoms with Crippen LogP contribution in [0.25, 0.3) is 0 Å². The number of likely N-dealkylation sites (tertiary alicyclic amines) is 1. The molecule has 4 heteroatoms. The van der Waals surface area contributed by atoms with E-state index in [1.807, 2.05) is 11.8 Å². The van der Waals surface area contributed by atoms with Crippen LogP contribution in [0.2, 0.25) is 0 Å². The first-order valence-electron chi connectivity index (χ1n) is 7.35. The quantitative estimate of drug-likeness (QED) is 0.652. The minimum absolute atomic E-state index is 0.133. The summed E-state index contributed by atoms with van der Waals surface area (Å²) in [4.78, 5) is 14.2. The Balaban J connectivity index is 1.54. The van der Waals surface area contributed by atoms with Crippen molar-refractivity contribution < 1.29 is 4.79 Å². The van der Waals surface area contributed by atoms with Gasteiger partial charge in [-0.1, -0.05) is 12.8 Å². The van der Waals surface area contributed by atoms with Crippen LogP contribution in [0, 0.1) is 0 Å². The molecule has 2 fully saturated rings. The highest BCUT2D eigenvalue weighted by Gasteiger charge is 2.34. The van der Waals surface area contributed by atoms with Crippen LogP contribution in [-0.4, -0.2) is 48.0 Å². The zero-order chi connectivity index (χ0) is 12.8. The monoisotopic (exact) mass is 270 g/mol. The SMILES string of the molecule is CSCCCCCCN1CCC(NC2CC2)C1=O. The first-order valence-corrected chi connectivity index (χ1v) is 8.74. The highest BCUT2D eigenvalue weighted by Crippen LogP contribution is 2.22. The molecule has 1 saturated heterocycles. The zero-order valence-electron chi connectivity index (χ0n) is 11.5. The van der Waals surface area contributed by atoms with Crippen molar-refractivity contribution in [2.75, 3.05) is 25.1 Å². The third-order valence-electron chi connectivity index (χ3n) is 3.84. The van der Waals surface area contributed by atoms with Crippen LogP contribution >= 0.6 is 11.8 Å². The molecule has 1 aliphatic carbocycles. The van der Waals surface area contributed by atoms with E-state index < -0.39 is 0 Å². The Morgan fingerprint density at radius 2 is 2.00 bits per heavy atom. The van der Waals surface area contributed by atoms with Gasteiger partial charge in [-0.2, -0.15) is 11.8 Å². The lowest BCUT2D eigenvalue weighted by Gasteiger charge is -2.17. The molecular weight excluding hydrogens is 244 g/mol. The molecule has 2 aliphatic rings. The Kier molecular flexibility index (Phi) is 5.83. The van der Waals surface area contributed by atoms with E-state index in [0.29, 0.717) is 11.9 Å². The summed E-state index contributed by atoms with van der Waals surface area (Å²) < 4.78 is 0. The Bertz CT molecular complexity index is 269. The third kappa shape index (κ3) is 4.47. The Hall–Kier alpha value is -0.220. The molecule has 0 aromatic heterocycles. The van der Waals surface area contributed by atoms with Crippen molar-refractivity contribution in [2.45, 2.75) is 57.0 Å². The van der Waals surface area contributed by atoms with Gasteiger partial charge >= 0.3 is 0 Å². The summed E-state index contributed by atoms with van der Waals surface area (Å²) >= 11 is 1.92. The van der Waals surface area contributed by atoms with Gasteiger partial charge < -0.3 is 10.2 Å². The van der Waals surface area contributed by atoms with E-state index in [0.717, 1.165) is 19.5 Å². The lowest BCUT2D eigenvalue weighted by molar-refractivity contribution is -0.129. The summed E-state index contributed by atoms with van der Waals surface area (Å²) in [5, 5.41) is 3.46. The lowest BCUT2D eigenvalue weighted by atomic mass is 10.2. The Morgan fingerprint density at radius 3 is 2.72 bits per heavy atom. The fourth-order valence-electron chi connectivity index (χ4n) is 2.55. The number of nitrogens with zero attached hydrogens (tertiary/aromatic N) is 1. The van der Waals surface area contributed by atoms with Crippen LogP contribution in [0.4, 0.5) is 0 Å². The Morgan fingerprint density at radius 1 is 1.22 bits per heavy atom. The smallest absolute Gasteiger partial charge is 0.239 e. The largest absolute Gasteiger partial charge is 0.341 e. The van der Waals surface area contributed by atoms with Crippen LogP contribution in [0.1, 0.15) is 44.9 Å². The van der Waals surface area contributed by atoms with Crippen molar-refractivity contribution in [3.8, 4) is 0 Å². The molecule has 1 amide bonds. The van der Waals surface area contributed by atoms with E-state index in [4.69, 9.17) is 0 Å². The fourth-order valence-corrected chi connectivity index (χ4v) is 3.05. The van der Waals surface area contributed by atoms with Crippen LogP contribution in [0.5, 0.6) is 0 Å². The molecule has 3 nitrogen and oxygen atoms in total. The van der Waals surface area contributed by atoms with Gasteiger partial charge in [0.05, 0.1) is 6.04 Å². The predicted octanol–water partition coefficient (Wildman–Crippen LogP) is 2.26. The number of hydrogen-bond donors (Lipinski definition) is 1. The summed E-state index contributed by atoms with van der Waals surface area (Å²) in [5.41, 5.74) is 0. The molecule has 1 unspecified atom stereocenters. The molecular formula is C14H26N2OS. The number of rotatable bonds is 9. The average molecular weight is 270 g/mol. The second-order valence-electron chi connectivity index (χ2n) is 5.51. The molecule has 0 spiro atoms. The number of carbonyl (C=O) groups is 1.